The minimum Gasteiger partial charge on any atom is -0.456 e. The van der Waals surface area contributed by atoms with Gasteiger partial charge in [0, 0.05) is 33.1 Å². The maximum absolute atomic E-state index is 6.46. The van der Waals surface area contributed by atoms with Gasteiger partial charge in [-0.25, -0.2) is 0 Å². The first-order valence-corrected chi connectivity index (χ1v) is 20.4. The third kappa shape index (κ3) is 5.87. The molecule has 0 saturated heterocycles. The van der Waals surface area contributed by atoms with Crippen LogP contribution >= 0.6 is 0 Å². The van der Waals surface area contributed by atoms with E-state index in [-0.39, 0.29) is 5.41 Å². The van der Waals surface area contributed by atoms with E-state index in [2.05, 4.69) is 219 Å². The van der Waals surface area contributed by atoms with Crippen LogP contribution in [0.15, 0.2) is 217 Å². The summed E-state index contributed by atoms with van der Waals surface area (Å²) in [6, 6.07) is 76.8. The van der Waals surface area contributed by atoms with Gasteiger partial charge in [-0.05, 0) is 116 Å². The molecule has 0 fully saturated rings. The molecule has 1 heterocycles. The maximum atomic E-state index is 6.46. The van der Waals surface area contributed by atoms with E-state index >= 15 is 0 Å². The highest BCUT2D eigenvalue weighted by atomic mass is 16.3. The molecule has 280 valence electrons. The average Bonchev–Trinajstić information content (AvgIpc) is 3.79. The van der Waals surface area contributed by atoms with Gasteiger partial charge in [0.2, 0.25) is 0 Å². The number of benzene rings is 9. The number of fused-ring (bicyclic) bond motifs is 6. The summed E-state index contributed by atoms with van der Waals surface area (Å²) in [6.45, 7) is 4.69. The van der Waals surface area contributed by atoms with Crippen LogP contribution in [0.1, 0.15) is 25.0 Å². The minimum absolute atomic E-state index is 0.0573. The Bertz CT molecular complexity index is 3160. The number of rotatable bonds is 7. The van der Waals surface area contributed by atoms with E-state index < -0.39 is 0 Å². The van der Waals surface area contributed by atoms with Crippen LogP contribution in [0.3, 0.4) is 0 Å². The highest BCUT2D eigenvalue weighted by Crippen LogP contribution is 2.52. The van der Waals surface area contributed by atoms with E-state index in [0.29, 0.717) is 0 Å². The predicted molar refractivity (Wildman–Crippen MR) is 248 cm³/mol. The molecule has 1 aliphatic rings. The molecule has 0 N–H and O–H groups in total. The number of furan rings is 1. The van der Waals surface area contributed by atoms with Crippen LogP contribution in [-0.2, 0) is 5.41 Å². The molecule has 0 unspecified atom stereocenters. The van der Waals surface area contributed by atoms with E-state index in [4.69, 9.17) is 4.42 Å². The molecule has 2 nitrogen and oxygen atoms in total. The van der Waals surface area contributed by atoms with Gasteiger partial charge in [0.05, 0.1) is 5.69 Å². The van der Waals surface area contributed by atoms with Crippen molar-refractivity contribution in [1.82, 2.24) is 0 Å². The van der Waals surface area contributed by atoms with Crippen LogP contribution in [0.5, 0.6) is 0 Å². The number of anilines is 3. The molecule has 0 aliphatic heterocycles. The molecule has 0 spiro atoms. The van der Waals surface area contributed by atoms with Crippen molar-refractivity contribution in [3.05, 3.63) is 223 Å². The lowest BCUT2D eigenvalue weighted by atomic mass is 9.82. The van der Waals surface area contributed by atoms with Gasteiger partial charge in [-0.15, -0.1) is 0 Å². The SMILES string of the molecule is CC1(C)c2ccccc2-c2c(-c3ccc(N(c4ccc(-c5ccccc5)cc4)c4ccc(-c5ccccc5)cc4-c4ccc5c(c4)oc4ccccc45)cc3)cccc21. The fourth-order valence-electron chi connectivity index (χ4n) is 9.31. The topological polar surface area (TPSA) is 16.4 Å². The lowest BCUT2D eigenvalue weighted by molar-refractivity contribution is 0.660. The van der Waals surface area contributed by atoms with Gasteiger partial charge >= 0.3 is 0 Å². The van der Waals surface area contributed by atoms with Crippen LogP contribution in [-0.4, -0.2) is 0 Å². The summed E-state index contributed by atoms with van der Waals surface area (Å²) >= 11 is 0. The minimum atomic E-state index is -0.0573. The summed E-state index contributed by atoms with van der Waals surface area (Å²) in [5.74, 6) is 0. The normalized spacial score (nSPS) is 12.7. The third-order valence-electron chi connectivity index (χ3n) is 12.3. The predicted octanol–water partition coefficient (Wildman–Crippen LogP) is 16.0. The van der Waals surface area contributed by atoms with Crippen LogP contribution < -0.4 is 4.90 Å². The number of para-hydroxylation sites is 1. The molecule has 2 heteroatoms. The zero-order valence-corrected chi connectivity index (χ0v) is 33.1. The number of hydrogen-bond donors (Lipinski definition) is 0. The molecule has 10 aromatic rings. The second-order valence-electron chi connectivity index (χ2n) is 16.1. The van der Waals surface area contributed by atoms with Crippen molar-refractivity contribution in [1.29, 1.82) is 0 Å². The van der Waals surface area contributed by atoms with Crippen LogP contribution in [0.4, 0.5) is 17.1 Å². The third-order valence-corrected chi connectivity index (χ3v) is 12.3. The molecule has 0 amide bonds. The van der Waals surface area contributed by atoms with Crippen molar-refractivity contribution < 1.29 is 4.42 Å². The molecule has 1 aromatic heterocycles. The summed E-state index contributed by atoms with van der Waals surface area (Å²) in [7, 11) is 0. The Kier molecular flexibility index (Phi) is 8.20. The van der Waals surface area contributed by atoms with Gasteiger partial charge in [0.15, 0.2) is 0 Å². The summed E-state index contributed by atoms with van der Waals surface area (Å²) in [5, 5.41) is 2.25. The second kappa shape index (κ2) is 13.9. The Balaban J connectivity index is 1.09. The van der Waals surface area contributed by atoms with E-state index in [1.807, 2.05) is 12.1 Å². The van der Waals surface area contributed by atoms with Crippen LogP contribution in [0, 0.1) is 0 Å². The first-order valence-electron chi connectivity index (χ1n) is 20.4. The number of hydrogen-bond acceptors (Lipinski definition) is 2. The quantitative estimate of drug-likeness (QED) is 0.161. The van der Waals surface area contributed by atoms with E-state index in [9.17, 15) is 0 Å². The van der Waals surface area contributed by atoms with Crippen molar-refractivity contribution in [2.45, 2.75) is 19.3 Å². The lowest BCUT2D eigenvalue weighted by Gasteiger charge is -2.29. The largest absolute Gasteiger partial charge is 0.456 e. The summed E-state index contributed by atoms with van der Waals surface area (Å²) in [5.41, 5.74) is 19.8. The van der Waals surface area contributed by atoms with Gasteiger partial charge in [0.25, 0.3) is 0 Å². The Morgan fingerprint density at radius 3 is 1.64 bits per heavy atom. The zero-order valence-electron chi connectivity index (χ0n) is 33.1. The molecule has 0 saturated carbocycles. The molecule has 9 aromatic carbocycles. The van der Waals surface area contributed by atoms with Gasteiger partial charge < -0.3 is 9.32 Å². The lowest BCUT2D eigenvalue weighted by Crippen LogP contribution is -2.14. The van der Waals surface area contributed by atoms with Crippen LogP contribution in [0.25, 0.3) is 77.6 Å². The summed E-state index contributed by atoms with van der Waals surface area (Å²) in [4.78, 5) is 2.40. The first-order chi connectivity index (χ1) is 29.0. The van der Waals surface area contributed by atoms with E-state index in [1.54, 1.807) is 0 Å². The fraction of sp³-hybridized carbons (Fsp3) is 0.0526. The maximum Gasteiger partial charge on any atom is 0.136 e. The standard InChI is InChI=1S/C57H41NO/c1-57(2)51-21-11-9-19-49(51)56-46(20-13-22-52(56)57)41-26-32-45(33-27-41)58(44-30-24-40(25-31-44)38-14-5-3-6-15-38)53-35-29-42(39-16-7-4-8-17-39)36-50(53)43-28-34-48-47-18-10-12-23-54(47)59-55(48)37-43/h3-37H,1-2H3. The molecule has 11 rings (SSSR count). The molecule has 0 radical (unpaired) electrons. The fourth-order valence-corrected chi connectivity index (χ4v) is 9.31. The first kappa shape index (κ1) is 34.8. The van der Waals surface area contributed by atoms with Crippen molar-refractivity contribution in [3.8, 4) is 55.6 Å². The Morgan fingerprint density at radius 1 is 0.356 bits per heavy atom. The molecule has 59 heavy (non-hydrogen) atoms. The monoisotopic (exact) mass is 755 g/mol. The Morgan fingerprint density at radius 2 is 0.898 bits per heavy atom. The smallest absolute Gasteiger partial charge is 0.136 e. The molecular weight excluding hydrogens is 715 g/mol. The Hall–Kier alpha value is -7.42. The van der Waals surface area contributed by atoms with Gasteiger partial charge in [-0.1, -0.05) is 172 Å². The summed E-state index contributed by atoms with van der Waals surface area (Å²) in [6.07, 6.45) is 0. The summed E-state index contributed by atoms with van der Waals surface area (Å²) < 4.78 is 6.46. The molecule has 0 atom stereocenters. The van der Waals surface area contributed by atoms with E-state index in [1.165, 1.54) is 50.1 Å². The van der Waals surface area contributed by atoms with Gasteiger partial charge in [0.1, 0.15) is 11.2 Å². The van der Waals surface area contributed by atoms with Gasteiger partial charge in [-0.2, -0.15) is 0 Å². The van der Waals surface area contributed by atoms with E-state index in [0.717, 1.165) is 55.7 Å². The molecule has 1 aliphatic carbocycles. The molecule has 0 bridgehead atoms. The Labute approximate surface area is 345 Å². The van der Waals surface area contributed by atoms with Crippen molar-refractivity contribution in [2.75, 3.05) is 4.90 Å². The van der Waals surface area contributed by atoms with Gasteiger partial charge in [-0.3, -0.25) is 0 Å². The highest BCUT2D eigenvalue weighted by molar-refractivity contribution is 6.06. The number of nitrogens with zero attached hydrogens (tertiary/aromatic N) is 1. The highest BCUT2D eigenvalue weighted by Gasteiger charge is 2.36. The average molecular weight is 756 g/mol. The van der Waals surface area contributed by atoms with Crippen molar-refractivity contribution >= 4 is 39.0 Å². The van der Waals surface area contributed by atoms with Crippen molar-refractivity contribution in [2.24, 2.45) is 0 Å². The van der Waals surface area contributed by atoms with Crippen LogP contribution in [0.2, 0.25) is 0 Å². The second-order valence-corrected chi connectivity index (χ2v) is 16.1. The van der Waals surface area contributed by atoms with Crippen molar-refractivity contribution in [3.63, 3.8) is 0 Å². The molecular formula is C57H41NO. The zero-order chi connectivity index (χ0) is 39.5.